The summed E-state index contributed by atoms with van der Waals surface area (Å²) in [5, 5.41) is 6.39. The molecule has 2 aliphatic rings. The van der Waals surface area contributed by atoms with Crippen LogP contribution < -0.4 is 10.6 Å². The Bertz CT molecular complexity index is 189. The van der Waals surface area contributed by atoms with Gasteiger partial charge in [0.1, 0.15) is 11.9 Å². The van der Waals surface area contributed by atoms with Gasteiger partial charge >= 0.3 is 0 Å². The molecule has 1 unspecified atom stereocenters. The summed E-state index contributed by atoms with van der Waals surface area (Å²) in [6, 6.07) is 0. The quantitative estimate of drug-likeness (QED) is 0.743. The van der Waals surface area contributed by atoms with E-state index in [9.17, 15) is 4.39 Å². The van der Waals surface area contributed by atoms with Gasteiger partial charge < -0.3 is 10.1 Å². The second-order valence-corrected chi connectivity index (χ2v) is 4.64. The van der Waals surface area contributed by atoms with Gasteiger partial charge in [0.05, 0.1) is 0 Å². The number of ether oxygens (including phenoxy) is 1. The summed E-state index contributed by atoms with van der Waals surface area (Å²) >= 11 is 0. The zero-order valence-electron chi connectivity index (χ0n) is 9.23. The standard InChI is InChI=1S/C11H21FN2O/c12-11(4-6-13-7-5-11)9-14-10-3-1-2-8-15-10/h10,13-14H,1-9H2. The van der Waals surface area contributed by atoms with Crippen LogP contribution in [0.1, 0.15) is 32.1 Å². The Morgan fingerprint density at radius 3 is 2.80 bits per heavy atom. The third-order valence-electron chi connectivity index (χ3n) is 3.33. The van der Waals surface area contributed by atoms with Gasteiger partial charge in [-0.15, -0.1) is 0 Å². The van der Waals surface area contributed by atoms with E-state index >= 15 is 0 Å². The second-order valence-electron chi connectivity index (χ2n) is 4.64. The second kappa shape index (κ2) is 5.23. The van der Waals surface area contributed by atoms with Gasteiger partial charge in [0, 0.05) is 13.2 Å². The molecule has 0 spiro atoms. The van der Waals surface area contributed by atoms with E-state index in [4.69, 9.17) is 4.74 Å². The molecule has 2 aliphatic heterocycles. The Kier molecular flexibility index (Phi) is 3.94. The molecule has 15 heavy (non-hydrogen) atoms. The van der Waals surface area contributed by atoms with Gasteiger partial charge in [-0.3, -0.25) is 5.32 Å². The summed E-state index contributed by atoms with van der Waals surface area (Å²) in [4.78, 5) is 0. The van der Waals surface area contributed by atoms with Crippen LogP contribution in [-0.4, -0.2) is 38.1 Å². The third kappa shape index (κ3) is 3.40. The fourth-order valence-corrected chi connectivity index (χ4v) is 2.25. The monoisotopic (exact) mass is 216 g/mol. The predicted octanol–water partition coefficient (Wildman–Crippen LogP) is 1.19. The van der Waals surface area contributed by atoms with Crippen LogP contribution >= 0.6 is 0 Å². The third-order valence-corrected chi connectivity index (χ3v) is 3.33. The maximum atomic E-state index is 14.2. The van der Waals surface area contributed by atoms with Crippen LogP contribution in [0.15, 0.2) is 0 Å². The van der Waals surface area contributed by atoms with Gasteiger partial charge in [0.2, 0.25) is 0 Å². The highest BCUT2D eigenvalue weighted by Crippen LogP contribution is 2.22. The van der Waals surface area contributed by atoms with Gasteiger partial charge in [-0.05, 0) is 45.2 Å². The van der Waals surface area contributed by atoms with E-state index in [-0.39, 0.29) is 6.23 Å². The van der Waals surface area contributed by atoms with E-state index in [0.29, 0.717) is 19.4 Å². The van der Waals surface area contributed by atoms with Crippen LogP contribution in [0.2, 0.25) is 0 Å². The van der Waals surface area contributed by atoms with E-state index < -0.39 is 5.67 Å². The van der Waals surface area contributed by atoms with Crippen LogP contribution in [0.5, 0.6) is 0 Å². The van der Waals surface area contributed by atoms with Crippen molar-refractivity contribution < 1.29 is 9.13 Å². The molecule has 0 amide bonds. The molecule has 2 N–H and O–H groups in total. The number of nitrogens with one attached hydrogen (secondary N) is 2. The molecular weight excluding hydrogens is 195 g/mol. The van der Waals surface area contributed by atoms with Crippen molar-refractivity contribution in [2.75, 3.05) is 26.2 Å². The molecule has 0 aromatic rings. The zero-order valence-corrected chi connectivity index (χ0v) is 9.23. The molecule has 88 valence electrons. The van der Waals surface area contributed by atoms with Gasteiger partial charge in [-0.25, -0.2) is 4.39 Å². The molecule has 0 saturated carbocycles. The van der Waals surface area contributed by atoms with Crippen molar-refractivity contribution in [3.8, 4) is 0 Å². The average Bonchev–Trinajstić information content (AvgIpc) is 2.29. The summed E-state index contributed by atoms with van der Waals surface area (Å²) in [6.45, 7) is 2.85. The van der Waals surface area contributed by atoms with Crippen molar-refractivity contribution in [3.63, 3.8) is 0 Å². The Morgan fingerprint density at radius 2 is 2.13 bits per heavy atom. The average molecular weight is 216 g/mol. The highest BCUT2D eigenvalue weighted by molar-refractivity contribution is 4.87. The van der Waals surface area contributed by atoms with Gasteiger partial charge in [0.15, 0.2) is 0 Å². The van der Waals surface area contributed by atoms with Crippen LogP contribution in [-0.2, 0) is 4.74 Å². The molecule has 1 atom stereocenters. The lowest BCUT2D eigenvalue weighted by atomic mass is 9.94. The van der Waals surface area contributed by atoms with E-state index in [2.05, 4.69) is 10.6 Å². The minimum atomic E-state index is -1.02. The van der Waals surface area contributed by atoms with Crippen LogP contribution in [0, 0.1) is 0 Å². The largest absolute Gasteiger partial charge is 0.363 e. The van der Waals surface area contributed by atoms with Gasteiger partial charge in [0.25, 0.3) is 0 Å². The number of alkyl halides is 1. The molecule has 2 heterocycles. The molecule has 3 nitrogen and oxygen atoms in total. The first kappa shape index (κ1) is 11.3. The molecular formula is C11H21FN2O. The summed E-state index contributed by atoms with van der Waals surface area (Å²) in [6.07, 6.45) is 4.68. The van der Waals surface area contributed by atoms with Crippen molar-refractivity contribution in [1.82, 2.24) is 10.6 Å². The van der Waals surface area contributed by atoms with Crippen LogP contribution in [0.25, 0.3) is 0 Å². The van der Waals surface area contributed by atoms with Crippen LogP contribution in [0.4, 0.5) is 4.39 Å². The topological polar surface area (TPSA) is 33.3 Å². The molecule has 2 saturated heterocycles. The lowest BCUT2D eigenvalue weighted by Crippen LogP contribution is -2.48. The SMILES string of the molecule is FC1(CNC2CCCCO2)CCNCC1. The molecule has 0 bridgehead atoms. The molecule has 2 rings (SSSR count). The van der Waals surface area contributed by atoms with E-state index in [1.807, 2.05) is 0 Å². The number of hydrogen-bond acceptors (Lipinski definition) is 3. The molecule has 0 aliphatic carbocycles. The first-order valence-electron chi connectivity index (χ1n) is 6.03. The lowest BCUT2D eigenvalue weighted by molar-refractivity contribution is -0.0183. The minimum absolute atomic E-state index is 0.0845. The van der Waals surface area contributed by atoms with Crippen molar-refractivity contribution in [2.24, 2.45) is 0 Å². The van der Waals surface area contributed by atoms with Crippen molar-refractivity contribution in [2.45, 2.75) is 44.0 Å². The highest BCUT2D eigenvalue weighted by atomic mass is 19.1. The maximum Gasteiger partial charge on any atom is 0.125 e. The summed E-state index contributed by atoms with van der Waals surface area (Å²) in [5.41, 5.74) is -1.02. The van der Waals surface area contributed by atoms with E-state index in [1.54, 1.807) is 0 Å². The van der Waals surface area contributed by atoms with Crippen molar-refractivity contribution >= 4 is 0 Å². The van der Waals surface area contributed by atoms with Crippen molar-refractivity contribution in [1.29, 1.82) is 0 Å². The number of halogens is 1. The molecule has 0 aromatic heterocycles. The maximum absolute atomic E-state index is 14.2. The smallest absolute Gasteiger partial charge is 0.125 e. The number of hydrogen-bond donors (Lipinski definition) is 2. The fourth-order valence-electron chi connectivity index (χ4n) is 2.25. The van der Waals surface area contributed by atoms with Gasteiger partial charge in [-0.2, -0.15) is 0 Å². The zero-order chi connectivity index (χ0) is 10.6. The van der Waals surface area contributed by atoms with Crippen molar-refractivity contribution in [3.05, 3.63) is 0 Å². The Morgan fingerprint density at radius 1 is 1.33 bits per heavy atom. The summed E-state index contributed by atoms with van der Waals surface area (Å²) < 4.78 is 19.7. The Balaban J connectivity index is 1.70. The van der Waals surface area contributed by atoms with Crippen LogP contribution in [0.3, 0.4) is 0 Å². The van der Waals surface area contributed by atoms with Gasteiger partial charge in [-0.1, -0.05) is 0 Å². The normalized spacial score (nSPS) is 31.4. The Labute approximate surface area is 90.8 Å². The highest BCUT2D eigenvalue weighted by Gasteiger charge is 2.32. The number of rotatable bonds is 3. The molecule has 0 radical (unpaired) electrons. The van der Waals surface area contributed by atoms with E-state index in [1.165, 1.54) is 6.42 Å². The Hall–Kier alpha value is -0.190. The summed E-state index contributed by atoms with van der Waals surface area (Å²) in [7, 11) is 0. The predicted molar refractivity (Wildman–Crippen MR) is 57.5 cm³/mol. The lowest BCUT2D eigenvalue weighted by Gasteiger charge is -2.33. The number of piperidine rings is 1. The first-order chi connectivity index (χ1) is 7.29. The molecule has 0 aromatic carbocycles. The first-order valence-corrected chi connectivity index (χ1v) is 6.03. The molecule has 4 heteroatoms. The summed E-state index contributed by atoms with van der Waals surface area (Å²) in [5.74, 6) is 0. The fraction of sp³-hybridized carbons (Fsp3) is 1.00. The molecule has 2 fully saturated rings. The minimum Gasteiger partial charge on any atom is -0.363 e. The van der Waals surface area contributed by atoms with E-state index in [0.717, 1.165) is 32.5 Å².